The summed E-state index contributed by atoms with van der Waals surface area (Å²) < 4.78 is 7.39. The lowest BCUT2D eigenvalue weighted by molar-refractivity contribution is -0.146. The lowest BCUT2D eigenvalue weighted by Crippen LogP contribution is -2.59. The highest BCUT2D eigenvalue weighted by atomic mass is 16.5. The molecular formula is C16H18N4O3. The van der Waals surface area contributed by atoms with Gasteiger partial charge in [0.15, 0.2) is 0 Å². The van der Waals surface area contributed by atoms with Crippen LogP contribution >= 0.6 is 0 Å². The molecule has 2 amide bonds. The second-order valence-corrected chi connectivity index (χ2v) is 5.61. The van der Waals surface area contributed by atoms with Gasteiger partial charge in [-0.3, -0.25) is 14.3 Å². The molecule has 0 unspecified atom stereocenters. The van der Waals surface area contributed by atoms with E-state index in [2.05, 4.69) is 15.7 Å². The number of hydrogen-bond donors (Lipinski definition) is 2. The third-order valence-corrected chi connectivity index (χ3v) is 3.75. The van der Waals surface area contributed by atoms with E-state index >= 15 is 0 Å². The highest BCUT2D eigenvalue weighted by Crippen LogP contribution is 2.34. The van der Waals surface area contributed by atoms with Crippen LogP contribution in [0.1, 0.15) is 12.5 Å². The molecule has 23 heavy (non-hydrogen) atoms. The maximum atomic E-state index is 12.4. The van der Waals surface area contributed by atoms with Crippen LogP contribution in [-0.2, 0) is 16.1 Å². The largest absolute Gasteiger partial charge is 0.466 e. The Hall–Kier alpha value is -2.83. The number of amides is 2. The number of rotatable bonds is 4. The van der Waals surface area contributed by atoms with E-state index in [-0.39, 0.29) is 0 Å². The maximum absolute atomic E-state index is 12.4. The van der Waals surface area contributed by atoms with Crippen molar-refractivity contribution in [1.82, 2.24) is 15.1 Å². The number of hydrogen-bond acceptors (Lipinski definition) is 4. The Bertz CT molecular complexity index is 742. The van der Waals surface area contributed by atoms with Gasteiger partial charge in [0.1, 0.15) is 5.75 Å². The van der Waals surface area contributed by atoms with Gasteiger partial charge < -0.3 is 15.4 Å². The molecule has 1 aromatic heterocycles. The Kier molecular flexibility index (Phi) is 3.77. The summed E-state index contributed by atoms with van der Waals surface area (Å²) in [6.45, 7) is 4.26. The van der Waals surface area contributed by atoms with Crippen LogP contribution in [0.4, 0.5) is 5.69 Å². The van der Waals surface area contributed by atoms with E-state index in [1.807, 2.05) is 19.1 Å². The van der Waals surface area contributed by atoms with E-state index < -0.39 is 17.4 Å². The summed E-state index contributed by atoms with van der Waals surface area (Å²) >= 11 is 0. The number of aromatic nitrogens is 2. The number of nitrogens with zero attached hydrogens (tertiary/aromatic N) is 2. The summed E-state index contributed by atoms with van der Waals surface area (Å²) in [7, 11) is 0. The number of anilines is 1. The predicted molar refractivity (Wildman–Crippen MR) is 84.1 cm³/mol. The molecule has 7 nitrogen and oxygen atoms in total. The van der Waals surface area contributed by atoms with E-state index in [9.17, 15) is 9.59 Å². The molecule has 120 valence electrons. The van der Waals surface area contributed by atoms with Gasteiger partial charge in [0, 0.05) is 18.9 Å². The average Bonchev–Trinajstić information content (AvgIpc) is 3.02. The maximum Gasteiger partial charge on any atom is 0.278 e. The Morgan fingerprint density at radius 1 is 1.48 bits per heavy atom. The number of carbonyl (C=O) groups is 2. The van der Waals surface area contributed by atoms with Crippen LogP contribution in [0, 0.1) is 6.92 Å². The zero-order valence-corrected chi connectivity index (χ0v) is 13.0. The van der Waals surface area contributed by atoms with Gasteiger partial charge in [0.25, 0.3) is 17.4 Å². The number of benzene rings is 1. The molecule has 1 aromatic carbocycles. The normalized spacial score (nSPS) is 19.5. The van der Waals surface area contributed by atoms with Gasteiger partial charge in [-0.25, -0.2) is 0 Å². The molecular weight excluding hydrogens is 296 g/mol. The van der Waals surface area contributed by atoms with Crippen molar-refractivity contribution in [1.29, 1.82) is 0 Å². The lowest BCUT2D eigenvalue weighted by Gasteiger charge is -2.33. The molecule has 2 heterocycles. The van der Waals surface area contributed by atoms with Gasteiger partial charge in [0.05, 0.1) is 12.2 Å². The van der Waals surface area contributed by atoms with Crippen LogP contribution in [0.3, 0.4) is 0 Å². The highest BCUT2D eigenvalue weighted by molar-refractivity contribution is 6.15. The molecule has 0 aliphatic carbocycles. The third-order valence-electron chi connectivity index (χ3n) is 3.75. The van der Waals surface area contributed by atoms with E-state index in [0.717, 1.165) is 5.56 Å². The summed E-state index contributed by atoms with van der Waals surface area (Å²) in [6, 6.07) is 7.23. The van der Waals surface area contributed by atoms with Crippen LogP contribution in [0.5, 0.6) is 5.75 Å². The van der Waals surface area contributed by atoms with Crippen molar-refractivity contribution in [2.45, 2.75) is 26.0 Å². The quantitative estimate of drug-likeness (QED) is 0.828. The number of aryl methyl sites for hydroxylation is 1. The molecule has 0 bridgehead atoms. The van der Waals surface area contributed by atoms with Crippen molar-refractivity contribution >= 4 is 17.5 Å². The van der Waals surface area contributed by atoms with Crippen LogP contribution in [0.15, 0.2) is 36.7 Å². The van der Waals surface area contributed by atoms with Gasteiger partial charge in [-0.05, 0) is 37.6 Å². The van der Waals surface area contributed by atoms with Crippen molar-refractivity contribution in [3.05, 3.63) is 42.2 Å². The number of carbonyl (C=O) groups excluding carboxylic acids is 2. The number of nitrogens with one attached hydrogen (secondary N) is 2. The van der Waals surface area contributed by atoms with Crippen molar-refractivity contribution < 1.29 is 14.3 Å². The summed E-state index contributed by atoms with van der Waals surface area (Å²) in [5, 5.41) is 9.50. The van der Waals surface area contributed by atoms with Crippen LogP contribution in [-0.4, -0.2) is 33.7 Å². The molecule has 0 fully saturated rings. The van der Waals surface area contributed by atoms with E-state index in [1.165, 1.54) is 6.92 Å². The standard InChI is InChI=1S/C16H18N4O3/c1-11-4-5-13-12(10-11)19-15(22)16(2,23-13)14(21)17-7-9-20-8-3-6-18-20/h3-6,8,10H,7,9H2,1-2H3,(H,17,21)(H,19,22)/t16-/m0/s1. The van der Waals surface area contributed by atoms with Gasteiger partial charge in [-0.15, -0.1) is 0 Å². The van der Waals surface area contributed by atoms with Crippen molar-refractivity contribution in [2.24, 2.45) is 0 Å². The van der Waals surface area contributed by atoms with Crippen LogP contribution in [0.25, 0.3) is 0 Å². The van der Waals surface area contributed by atoms with E-state index in [1.54, 1.807) is 29.2 Å². The molecule has 0 radical (unpaired) electrons. The van der Waals surface area contributed by atoms with Crippen LogP contribution in [0.2, 0.25) is 0 Å². The molecule has 2 N–H and O–H groups in total. The summed E-state index contributed by atoms with van der Waals surface area (Å²) in [4.78, 5) is 24.7. The first-order chi connectivity index (χ1) is 11.0. The molecule has 0 spiro atoms. The van der Waals surface area contributed by atoms with Crippen molar-refractivity contribution in [2.75, 3.05) is 11.9 Å². The fourth-order valence-electron chi connectivity index (χ4n) is 2.37. The average molecular weight is 314 g/mol. The summed E-state index contributed by atoms with van der Waals surface area (Å²) in [5.41, 5.74) is -0.0106. The molecule has 1 atom stereocenters. The Morgan fingerprint density at radius 2 is 2.30 bits per heavy atom. The molecule has 2 aromatic rings. The Balaban J connectivity index is 1.69. The van der Waals surface area contributed by atoms with Gasteiger partial charge in [0.2, 0.25) is 0 Å². The summed E-state index contributed by atoms with van der Waals surface area (Å²) in [6.07, 6.45) is 3.47. The smallest absolute Gasteiger partial charge is 0.278 e. The zero-order valence-electron chi connectivity index (χ0n) is 13.0. The van der Waals surface area contributed by atoms with E-state index in [0.29, 0.717) is 24.5 Å². The minimum absolute atomic E-state index is 0.355. The zero-order chi connectivity index (χ0) is 16.4. The van der Waals surface area contributed by atoms with Gasteiger partial charge in [-0.2, -0.15) is 5.10 Å². The highest BCUT2D eigenvalue weighted by Gasteiger charge is 2.47. The SMILES string of the molecule is Cc1ccc2c(c1)NC(=O)[C@](C)(C(=O)NCCn1cccn1)O2. The van der Waals surface area contributed by atoms with Gasteiger partial charge >= 0.3 is 0 Å². The molecule has 7 heteroatoms. The predicted octanol–water partition coefficient (Wildman–Crippen LogP) is 1.10. The first-order valence-electron chi connectivity index (χ1n) is 7.36. The second kappa shape index (κ2) is 5.75. The minimum Gasteiger partial charge on any atom is -0.466 e. The lowest BCUT2D eigenvalue weighted by atomic mass is 10.0. The molecule has 0 saturated carbocycles. The van der Waals surface area contributed by atoms with Crippen molar-refractivity contribution in [3.8, 4) is 5.75 Å². The fourth-order valence-corrected chi connectivity index (χ4v) is 2.37. The monoisotopic (exact) mass is 314 g/mol. The van der Waals surface area contributed by atoms with Crippen molar-refractivity contribution in [3.63, 3.8) is 0 Å². The van der Waals surface area contributed by atoms with E-state index in [4.69, 9.17) is 4.74 Å². The topological polar surface area (TPSA) is 85.3 Å². The second-order valence-electron chi connectivity index (χ2n) is 5.61. The third kappa shape index (κ3) is 2.90. The fraction of sp³-hybridized carbons (Fsp3) is 0.312. The Labute approximate surface area is 133 Å². The van der Waals surface area contributed by atoms with Gasteiger partial charge in [-0.1, -0.05) is 6.07 Å². The molecule has 1 aliphatic rings. The first kappa shape index (κ1) is 15.1. The Morgan fingerprint density at radius 3 is 3.04 bits per heavy atom. The molecule has 1 aliphatic heterocycles. The molecule has 3 rings (SSSR count). The summed E-state index contributed by atoms with van der Waals surface area (Å²) in [5.74, 6) is -0.472. The number of ether oxygens (including phenoxy) is 1. The van der Waals surface area contributed by atoms with Crippen LogP contribution < -0.4 is 15.4 Å². The minimum atomic E-state index is -1.59. The molecule has 0 saturated heterocycles. The number of fused-ring (bicyclic) bond motifs is 1. The first-order valence-corrected chi connectivity index (χ1v) is 7.36.